The summed E-state index contributed by atoms with van der Waals surface area (Å²) in [4.78, 5) is 0. The zero-order chi connectivity index (χ0) is 9.72. The number of hydrogen-bond acceptors (Lipinski definition) is 5. The molecule has 0 saturated heterocycles. The third-order valence-electron chi connectivity index (χ3n) is 1.61. The van der Waals surface area contributed by atoms with E-state index in [1.54, 1.807) is 0 Å². The minimum atomic E-state index is -1.29. The van der Waals surface area contributed by atoms with Gasteiger partial charge in [0.1, 0.15) is 6.10 Å². The van der Waals surface area contributed by atoms with Crippen LogP contribution in [0.2, 0.25) is 0 Å². The second-order valence-electron chi connectivity index (χ2n) is 2.87. The maximum Gasteiger partial charge on any atom is 0.105 e. The van der Waals surface area contributed by atoms with E-state index in [9.17, 15) is 0 Å². The number of rotatable bonds is 5. The third-order valence-corrected chi connectivity index (χ3v) is 1.61. The molecule has 0 aromatic heterocycles. The van der Waals surface area contributed by atoms with E-state index in [2.05, 4.69) is 0 Å². The number of hydrogen-bond donors (Lipinski definition) is 5. The molecular formula is C7H16O5. The molecule has 0 amide bonds. The van der Waals surface area contributed by atoms with Crippen LogP contribution in [0.15, 0.2) is 0 Å². The van der Waals surface area contributed by atoms with Gasteiger partial charge in [-0.15, -0.1) is 0 Å². The molecule has 0 rings (SSSR count). The highest BCUT2D eigenvalue weighted by Gasteiger charge is 2.23. The summed E-state index contributed by atoms with van der Waals surface area (Å²) in [7, 11) is 0. The van der Waals surface area contributed by atoms with Crippen molar-refractivity contribution < 1.29 is 25.5 Å². The van der Waals surface area contributed by atoms with Crippen molar-refractivity contribution >= 4 is 0 Å². The molecule has 5 nitrogen and oxygen atoms in total. The first kappa shape index (κ1) is 11.8. The maximum atomic E-state index is 9.11. The van der Waals surface area contributed by atoms with Gasteiger partial charge in [-0.3, -0.25) is 0 Å². The molecule has 0 aliphatic heterocycles. The molecule has 0 bridgehead atoms. The molecule has 0 radical (unpaired) electrons. The number of aliphatic hydroxyl groups is 5. The van der Waals surface area contributed by atoms with Gasteiger partial charge in [0.05, 0.1) is 24.9 Å². The predicted molar refractivity (Wildman–Crippen MR) is 41.4 cm³/mol. The number of aliphatic hydroxyl groups excluding tert-OH is 5. The molecule has 0 aromatic rings. The van der Waals surface area contributed by atoms with Gasteiger partial charge in [-0.1, -0.05) is 0 Å². The molecule has 74 valence electrons. The Balaban J connectivity index is 3.78. The summed E-state index contributed by atoms with van der Waals surface area (Å²) >= 11 is 0. The molecule has 0 aliphatic carbocycles. The Morgan fingerprint density at radius 3 is 1.92 bits per heavy atom. The van der Waals surface area contributed by atoms with Crippen LogP contribution in [0.1, 0.15) is 13.3 Å². The Labute approximate surface area is 70.9 Å². The summed E-state index contributed by atoms with van der Waals surface area (Å²) in [6.07, 6.45) is -4.76. The van der Waals surface area contributed by atoms with E-state index in [0.29, 0.717) is 0 Å². The van der Waals surface area contributed by atoms with Crippen molar-refractivity contribution in [2.24, 2.45) is 0 Å². The van der Waals surface area contributed by atoms with Gasteiger partial charge in [-0.05, 0) is 6.92 Å². The lowest BCUT2D eigenvalue weighted by atomic mass is 10.0. The quantitative estimate of drug-likeness (QED) is 0.331. The van der Waals surface area contributed by atoms with E-state index < -0.39 is 31.0 Å². The van der Waals surface area contributed by atoms with E-state index >= 15 is 0 Å². The fourth-order valence-corrected chi connectivity index (χ4v) is 0.814. The van der Waals surface area contributed by atoms with Crippen molar-refractivity contribution in [2.75, 3.05) is 6.61 Å². The standard InChI is InChI=1S/C7H16O5/c1-4(9)7(12)6(11)2-5(10)3-8/h4-12H,2-3H2,1H3. The molecular weight excluding hydrogens is 164 g/mol. The van der Waals surface area contributed by atoms with E-state index in [-0.39, 0.29) is 6.42 Å². The van der Waals surface area contributed by atoms with Crippen LogP contribution < -0.4 is 0 Å². The lowest BCUT2D eigenvalue weighted by Crippen LogP contribution is -2.38. The Hall–Kier alpha value is -0.200. The van der Waals surface area contributed by atoms with Crippen LogP contribution in [-0.2, 0) is 0 Å². The lowest BCUT2D eigenvalue weighted by molar-refractivity contribution is -0.0716. The summed E-state index contributed by atoms with van der Waals surface area (Å²) in [5, 5.41) is 44.2. The molecule has 4 atom stereocenters. The molecule has 4 unspecified atom stereocenters. The van der Waals surface area contributed by atoms with Gasteiger partial charge in [-0.25, -0.2) is 0 Å². The van der Waals surface area contributed by atoms with Crippen LogP contribution in [0.25, 0.3) is 0 Å². The van der Waals surface area contributed by atoms with Crippen LogP contribution in [0.5, 0.6) is 0 Å². The normalized spacial score (nSPS) is 21.5. The molecule has 0 saturated carbocycles. The second-order valence-corrected chi connectivity index (χ2v) is 2.87. The monoisotopic (exact) mass is 180 g/mol. The first-order valence-electron chi connectivity index (χ1n) is 3.82. The smallest absolute Gasteiger partial charge is 0.105 e. The molecule has 12 heavy (non-hydrogen) atoms. The fourth-order valence-electron chi connectivity index (χ4n) is 0.814. The molecule has 0 aromatic carbocycles. The van der Waals surface area contributed by atoms with Crippen LogP contribution >= 0.6 is 0 Å². The summed E-state index contributed by atoms with van der Waals surface area (Å²) in [6.45, 7) is 0.864. The maximum absolute atomic E-state index is 9.11. The highest BCUT2D eigenvalue weighted by atomic mass is 16.4. The molecule has 0 fully saturated rings. The zero-order valence-electron chi connectivity index (χ0n) is 6.96. The molecule has 0 aliphatic rings. The van der Waals surface area contributed by atoms with Crippen molar-refractivity contribution in [3.05, 3.63) is 0 Å². The highest BCUT2D eigenvalue weighted by molar-refractivity contribution is 4.74. The van der Waals surface area contributed by atoms with E-state index in [0.717, 1.165) is 0 Å². The molecule has 5 N–H and O–H groups in total. The lowest BCUT2D eigenvalue weighted by Gasteiger charge is -2.21. The summed E-state index contributed by atoms with van der Waals surface area (Å²) < 4.78 is 0. The molecule has 0 heterocycles. The molecule has 5 heteroatoms. The highest BCUT2D eigenvalue weighted by Crippen LogP contribution is 2.06. The zero-order valence-corrected chi connectivity index (χ0v) is 6.96. The van der Waals surface area contributed by atoms with Gasteiger partial charge in [0.2, 0.25) is 0 Å². The van der Waals surface area contributed by atoms with Gasteiger partial charge in [0.15, 0.2) is 0 Å². The fraction of sp³-hybridized carbons (Fsp3) is 1.00. The SMILES string of the molecule is CC(O)C(O)C(O)CC(O)CO. The van der Waals surface area contributed by atoms with Crippen LogP contribution in [-0.4, -0.2) is 56.6 Å². The Kier molecular flexibility index (Phi) is 5.36. The van der Waals surface area contributed by atoms with Crippen molar-refractivity contribution in [1.29, 1.82) is 0 Å². The van der Waals surface area contributed by atoms with Gasteiger partial charge in [-0.2, -0.15) is 0 Å². The topological polar surface area (TPSA) is 101 Å². The van der Waals surface area contributed by atoms with Crippen LogP contribution in [0.4, 0.5) is 0 Å². The van der Waals surface area contributed by atoms with Crippen molar-refractivity contribution in [2.45, 2.75) is 37.8 Å². The predicted octanol–water partition coefficient (Wildman–Crippen LogP) is -2.17. The van der Waals surface area contributed by atoms with Gasteiger partial charge in [0.25, 0.3) is 0 Å². The summed E-state index contributed by atoms with van der Waals surface area (Å²) in [5.74, 6) is 0. The van der Waals surface area contributed by atoms with Crippen LogP contribution in [0, 0.1) is 0 Å². The third kappa shape index (κ3) is 3.99. The summed E-state index contributed by atoms with van der Waals surface area (Å²) in [5.41, 5.74) is 0. The van der Waals surface area contributed by atoms with E-state index in [1.807, 2.05) is 0 Å². The van der Waals surface area contributed by atoms with Crippen molar-refractivity contribution in [3.63, 3.8) is 0 Å². The minimum absolute atomic E-state index is 0.150. The van der Waals surface area contributed by atoms with Crippen molar-refractivity contribution in [1.82, 2.24) is 0 Å². The first-order valence-corrected chi connectivity index (χ1v) is 3.82. The largest absolute Gasteiger partial charge is 0.394 e. The van der Waals surface area contributed by atoms with Crippen LogP contribution in [0.3, 0.4) is 0 Å². The van der Waals surface area contributed by atoms with Gasteiger partial charge >= 0.3 is 0 Å². The second kappa shape index (κ2) is 5.45. The average molecular weight is 180 g/mol. The van der Waals surface area contributed by atoms with E-state index in [4.69, 9.17) is 25.5 Å². The van der Waals surface area contributed by atoms with Gasteiger partial charge < -0.3 is 25.5 Å². The van der Waals surface area contributed by atoms with Crippen molar-refractivity contribution in [3.8, 4) is 0 Å². The van der Waals surface area contributed by atoms with Gasteiger partial charge in [0, 0.05) is 6.42 Å². The Bertz CT molecular complexity index is 116. The first-order chi connectivity index (χ1) is 5.49. The minimum Gasteiger partial charge on any atom is -0.394 e. The Morgan fingerprint density at radius 1 is 1.08 bits per heavy atom. The molecule has 0 spiro atoms. The summed E-state index contributed by atoms with van der Waals surface area (Å²) in [6, 6.07) is 0. The average Bonchev–Trinajstić information content (AvgIpc) is 2.02. The van der Waals surface area contributed by atoms with E-state index in [1.165, 1.54) is 6.92 Å². The Morgan fingerprint density at radius 2 is 1.58 bits per heavy atom.